The van der Waals surface area contributed by atoms with E-state index in [9.17, 15) is 18.0 Å². The largest absolute Gasteiger partial charge is 0.450 e. The van der Waals surface area contributed by atoms with Gasteiger partial charge in [-0.3, -0.25) is 0 Å². The SMILES string of the molecule is CCOC(=O)N1CCC(N(CCNC(=O)NC(C)C)S(C)(=O)=O)CC1. The molecular weight excluding hydrogens is 348 g/mol. The maximum atomic E-state index is 12.1. The number of amides is 3. The third-order valence-electron chi connectivity index (χ3n) is 3.86. The van der Waals surface area contributed by atoms with Crippen LogP contribution in [0.25, 0.3) is 0 Å². The molecular formula is C15H30N4O5S. The first-order chi connectivity index (χ1) is 11.6. The summed E-state index contributed by atoms with van der Waals surface area (Å²) in [5.41, 5.74) is 0. The number of ether oxygens (including phenoxy) is 1. The summed E-state index contributed by atoms with van der Waals surface area (Å²) in [6, 6.07) is -0.491. The van der Waals surface area contributed by atoms with Gasteiger partial charge < -0.3 is 20.3 Å². The van der Waals surface area contributed by atoms with Gasteiger partial charge in [0.25, 0.3) is 0 Å². The second kappa shape index (κ2) is 9.81. The number of hydrogen-bond donors (Lipinski definition) is 2. The molecule has 146 valence electrons. The minimum absolute atomic E-state index is 0.0122. The molecule has 25 heavy (non-hydrogen) atoms. The van der Waals surface area contributed by atoms with Crippen LogP contribution in [0.4, 0.5) is 9.59 Å². The molecule has 1 aliphatic heterocycles. The number of sulfonamides is 1. The fourth-order valence-corrected chi connectivity index (χ4v) is 3.94. The summed E-state index contributed by atoms with van der Waals surface area (Å²) in [4.78, 5) is 24.9. The van der Waals surface area contributed by atoms with Crippen LogP contribution in [0.15, 0.2) is 0 Å². The number of hydrogen-bond acceptors (Lipinski definition) is 5. The van der Waals surface area contributed by atoms with Crippen molar-refractivity contribution in [1.29, 1.82) is 0 Å². The van der Waals surface area contributed by atoms with Crippen LogP contribution >= 0.6 is 0 Å². The molecule has 1 aliphatic rings. The Morgan fingerprint density at radius 3 is 2.36 bits per heavy atom. The molecule has 0 aliphatic carbocycles. The van der Waals surface area contributed by atoms with Crippen molar-refractivity contribution in [2.75, 3.05) is 39.0 Å². The third kappa shape index (κ3) is 7.47. The molecule has 1 rings (SSSR count). The van der Waals surface area contributed by atoms with Gasteiger partial charge in [-0.15, -0.1) is 0 Å². The average Bonchev–Trinajstić information content (AvgIpc) is 2.50. The van der Waals surface area contributed by atoms with E-state index in [1.54, 1.807) is 11.8 Å². The third-order valence-corrected chi connectivity index (χ3v) is 5.19. The van der Waals surface area contributed by atoms with E-state index in [0.717, 1.165) is 0 Å². The van der Waals surface area contributed by atoms with Gasteiger partial charge in [0, 0.05) is 38.3 Å². The van der Waals surface area contributed by atoms with E-state index >= 15 is 0 Å². The molecule has 1 fully saturated rings. The molecule has 2 N–H and O–H groups in total. The van der Waals surface area contributed by atoms with E-state index in [4.69, 9.17) is 4.74 Å². The van der Waals surface area contributed by atoms with Gasteiger partial charge >= 0.3 is 12.1 Å². The maximum absolute atomic E-state index is 12.1. The Morgan fingerprint density at radius 1 is 1.28 bits per heavy atom. The molecule has 0 spiro atoms. The first kappa shape index (κ1) is 21.5. The second-order valence-electron chi connectivity index (χ2n) is 6.35. The molecule has 10 heteroatoms. The number of urea groups is 1. The van der Waals surface area contributed by atoms with Gasteiger partial charge in [-0.2, -0.15) is 4.31 Å². The number of rotatable bonds is 7. The van der Waals surface area contributed by atoms with Crippen molar-refractivity contribution in [3.05, 3.63) is 0 Å². The van der Waals surface area contributed by atoms with Gasteiger partial charge in [0.1, 0.15) is 0 Å². The molecule has 3 amide bonds. The normalized spacial score (nSPS) is 16.2. The number of likely N-dealkylation sites (tertiary alicyclic amines) is 1. The van der Waals surface area contributed by atoms with Gasteiger partial charge in [0.05, 0.1) is 12.9 Å². The Kier molecular flexibility index (Phi) is 8.43. The van der Waals surface area contributed by atoms with Gasteiger partial charge in [0.15, 0.2) is 0 Å². The van der Waals surface area contributed by atoms with Crippen LogP contribution in [0.5, 0.6) is 0 Å². The molecule has 0 radical (unpaired) electrons. The van der Waals surface area contributed by atoms with Crippen molar-refractivity contribution in [3.63, 3.8) is 0 Å². The van der Waals surface area contributed by atoms with Crippen molar-refractivity contribution in [2.24, 2.45) is 0 Å². The van der Waals surface area contributed by atoms with E-state index in [1.165, 1.54) is 10.6 Å². The number of piperidine rings is 1. The Hall–Kier alpha value is -1.55. The number of nitrogens with zero attached hydrogens (tertiary/aromatic N) is 2. The molecule has 1 saturated heterocycles. The van der Waals surface area contributed by atoms with E-state index in [1.807, 2.05) is 13.8 Å². The lowest BCUT2D eigenvalue weighted by molar-refractivity contribution is 0.0886. The van der Waals surface area contributed by atoms with Crippen molar-refractivity contribution in [1.82, 2.24) is 19.8 Å². The summed E-state index contributed by atoms with van der Waals surface area (Å²) in [5.74, 6) is 0. The van der Waals surface area contributed by atoms with Crippen LogP contribution in [0.1, 0.15) is 33.6 Å². The summed E-state index contributed by atoms with van der Waals surface area (Å²) in [6.07, 6.45) is 1.89. The highest BCUT2D eigenvalue weighted by Gasteiger charge is 2.31. The highest BCUT2D eigenvalue weighted by Crippen LogP contribution is 2.19. The van der Waals surface area contributed by atoms with E-state index < -0.39 is 10.0 Å². The molecule has 0 aromatic rings. The zero-order valence-corrected chi connectivity index (χ0v) is 16.3. The molecule has 0 unspecified atom stereocenters. The standard InChI is InChI=1S/C15H30N4O5S/c1-5-24-15(21)18-9-6-13(7-10-18)19(25(4,22)23)11-8-16-14(20)17-12(2)3/h12-13H,5-11H2,1-4H3,(H2,16,17,20). The van der Waals surface area contributed by atoms with Gasteiger partial charge in [-0.05, 0) is 33.6 Å². The molecule has 1 heterocycles. The topological polar surface area (TPSA) is 108 Å². The van der Waals surface area contributed by atoms with Crippen molar-refractivity contribution in [3.8, 4) is 0 Å². The minimum Gasteiger partial charge on any atom is -0.450 e. The molecule has 0 bridgehead atoms. The van der Waals surface area contributed by atoms with Gasteiger partial charge in [-0.1, -0.05) is 0 Å². The predicted octanol–water partition coefficient (Wildman–Crippen LogP) is 0.577. The van der Waals surface area contributed by atoms with E-state index in [-0.39, 0.29) is 37.3 Å². The lowest BCUT2D eigenvalue weighted by Gasteiger charge is -2.36. The summed E-state index contributed by atoms with van der Waals surface area (Å²) >= 11 is 0. The summed E-state index contributed by atoms with van der Waals surface area (Å²) in [5, 5.41) is 5.35. The van der Waals surface area contributed by atoms with E-state index in [2.05, 4.69) is 10.6 Å². The Morgan fingerprint density at radius 2 is 1.88 bits per heavy atom. The highest BCUT2D eigenvalue weighted by atomic mass is 32.2. The second-order valence-corrected chi connectivity index (χ2v) is 8.28. The Labute approximate surface area is 150 Å². The predicted molar refractivity (Wildman–Crippen MR) is 94.8 cm³/mol. The van der Waals surface area contributed by atoms with Gasteiger partial charge in [0.2, 0.25) is 10.0 Å². The number of nitrogens with one attached hydrogen (secondary N) is 2. The molecule has 0 aromatic carbocycles. The maximum Gasteiger partial charge on any atom is 0.409 e. The minimum atomic E-state index is -3.41. The van der Waals surface area contributed by atoms with Crippen LogP contribution < -0.4 is 10.6 Å². The summed E-state index contributed by atoms with van der Waals surface area (Å²) in [6.45, 7) is 7.10. The fourth-order valence-electron chi connectivity index (χ4n) is 2.76. The lowest BCUT2D eigenvalue weighted by Crippen LogP contribution is -2.51. The van der Waals surface area contributed by atoms with E-state index in [0.29, 0.717) is 32.5 Å². The van der Waals surface area contributed by atoms with Crippen LogP contribution in [0.2, 0.25) is 0 Å². The smallest absolute Gasteiger partial charge is 0.409 e. The molecule has 0 aromatic heterocycles. The summed E-state index contributed by atoms with van der Waals surface area (Å²) in [7, 11) is -3.41. The number of carbonyl (C=O) groups is 2. The van der Waals surface area contributed by atoms with Crippen LogP contribution in [-0.4, -0.2) is 80.9 Å². The summed E-state index contributed by atoms with van der Waals surface area (Å²) < 4.78 is 30.6. The molecule has 9 nitrogen and oxygen atoms in total. The first-order valence-corrected chi connectivity index (χ1v) is 10.4. The molecule has 0 saturated carbocycles. The van der Waals surface area contributed by atoms with Crippen LogP contribution in [-0.2, 0) is 14.8 Å². The lowest BCUT2D eigenvalue weighted by atomic mass is 10.1. The Balaban J connectivity index is 2.55. The Bertz CT molecular complexity index is 544. The highest BCUT2D eigenvalue weighted by molar-refractivity contribution is 7.88. The first-order valence-electron chi connectivity index (χ1n) is 8.58. The van der Waals surface area contributed by atoms with Crippen molar-refractivity contribution < 1.29 is 22.7 Å². The monoisotopic (exact) mass is 378 g/mol. The number of carbonyl (C=O) groups excluding carboxylic acids is 2. The van der Waals surface area contributed by atoms with Crippen LogP contribution in [0, 0.1) is 0 Å². The van der Waals surface area contributed by atoms with Crippen molar-refractivity contribution in [2.45, 2.75) is 45.7 Å². The average molecular weight is 378 g/mol. The van der Waals surface area contributed by atoms with Gasteiger partial charge in [-0.25, -0.2) is 18.0 Å². The molecule has 0 atom stereocenters. The fraction of sp³-hybridized carbons (Fsp3) is 0.867. The quantitative estimate of drug-likeness (QED) is 0.674. The van der Waals surface area contributed by atoms with Crippen LogP contribution in [0.3, 0.4) is 0 Å². The zero-order chi connectivity index (χ0) is 19.0. The zero-order valence-electron chi connectivity index (χ0n) is 15.4. The van der Waals surface area contributed by atoms with Crippen molar-refractivity contribution >= 4 is 22.1 Å².